The van der Waals surface area contributed by atoms with Crippen molar-refractivity contribution in [3.8, 4) is 0 Å². The molecule has 2 N–H and O–H groups in total. The van der Waals surface area contributed by atoms with E-state index in [9.17, 15) is 0 Å². The van der Waals surface area contributed by atoms with E-state index in [0.29, 0.717) is 6.04 Å². The quantitative estimate of drug-likeness (QED) is 0.855. The Labute approximate surface area is 127 Å². The summed E-state index contributed by atoms with van der Waals surface area (Å²) in [6.45, 7) is 2.19. The third-order valence-corrected chi connectivity index (χ3v) is 4.64. The second-order valence-electron chi connectivity index (χ2n) is 6.15. The molecule has 2 atom stereocenters. The van der Waals surface area contributed by atoms with Gasteiger partial charge < -0.3 is 10.3 Å². The molecule has 0 saturated heterocycles. The van der Waals surface area contributed by atoms with Crippen LogP contribution in [0.2, 0.25) is 0 Å². The van der Waals surface area contributed by atoms with E-state index in [2.05, 4.69) is 52.5 Å². The average molecular weight is 283 g/mol. The van der Waals surface area contributed by atoms with Gasteiger partial charge in [-0.1, -0.05) is 49.6 Å². The van der Waals surface area contributed by atoms with E-state index < -0.39 is 0 Å². The van der Waals surface area contributed by atoms with Gasteiger partial charge in [0.1, 0.15) is 5.82 Å². The van der Waals surface area contributed by atoms with Crippen molar-refractivity contribution in [3.63, 3.8) is 0 Å². The highest BCUT2D eigenvalue weighted by atomic mass is 15.0. The molecule has 0 bridgehead atoms. The van der Waals surface area contributed by atoms with E-state index in [1.165, 1.54) is 37.7 Å². The molecule has 1 heterocycles. The van der Waals surface area contributed by atoms with Gasteiger partial charge in [-0.25, -0.2) is 4.98 Å². The van der Waals surface area contributed by atoms with Crippen LogP contribution in [0.25, 0.3) is 0 Å². The van der Waals surface area contributed by atoms with Gasteiger partial charge in [0.15, 0.2) is 0 Å². The molecule has 1 saturated carbocycles. The third kappa shape index (κ3) is 3.53. The Morgan fingerprint density at radius 1 is 1.14 bits per heavy atom. The van der Waals surface area contributed by atoms with Gasteiger partial charge in [0.25, 0.3) is 0 Å². The molecule has 1 aromatic carbocycles. The Morgan fingerprint density at radius 3 is 2.57 bits per heavy atom. The Bertz CT molecular complexity index is 515. The number of aromatic amines is 1. The SMILES string of the molecule is CC(NC(c1ccccc1)C1CCCCC1)c1ncc[nH]1. The lowest BCUT2D eigenvalue weighted by Crippen LogP contribution is -2.32. The monoisotopic (exact) mass is 283 g/mol. The van der Waals surface area contributed by atoms with Crippen LogP contribution in [0.1, 0.15) is 62.5 Å². The van der Waals surface area contributed by atoms with Gasteiger partial charge in [0.05, 0.1) is 6.04 Å². The predicted molar refractivity (Wildman–Crippen MR) is 85.9 cm³/mol. The first-order chi connectivity index (χ1) is 10.3. The number of benzene rings is 1. The summed E-state index contributed by atoms with van der Waals surface area (Å²) in [4.78, 5) is 7.61. The van der Waals surface area contributed by atoms with Crippen LogP contribution in [0.4, 0.5) is 0 Å². The van der Waals surface area contributed by atoms with Crippen LogP contribution in [0.15, 0.2) is 42.7 Å². The molecule has 1 aliphatic carbocycles. The van der Waals surface area contributed by atoms with E-state index in [4.69, 9.17) is 0 Å². The van der Waals surface area contributed by atoms with Gasteiger partial charge in [0.2, 0.25) is 0 Å². The molecule has 2 aromatic rings. The molecule has 21 heavy (non-hydrogen) atoms. The number of hydrogen-bond acceptors (Lipinski definition) is 2. The van der Waals surface area contributed by atoms with Gasteiger partial charge >= 0.3 is 0 Å². The second kappa shape index (κ2) is 6.90. The van der Waals surface area contributed by atoms with Crippen LogP contribution in [-0.4, -0.2) is 9.97 Å². The van der Waals surface area contributed by atoms with Crippen LogP contribution >= 0.6 is 0 Å². The molecule has 0 radical (unpaired) electrons. The summed E-state index contributed by atoms with van der Waals surface area (Å²) in [6.07, 6.45) is 10.5. The van der Waals surface area contributed by atoms with Crippen molar-refractivity contribution < 1.29 is 0 Å². The summed E-state index contributed by atoms with van der Waals surface area (Å²) in [5, 5.41) is 3.81. The Hall–Kier alpha value is -1.61. The number of aromatic nitrogens is 2. The standard InChI is InChI=1S/C18H25N3/c1-14(18-19-12-13-20-18)21-17(15-8-4-2-5-9-15)16-10-6-3-7-11-16/h2,4-5,8-9,12-14,16-17,21H,3,6-7,10-11H2,1H3,(H,19,20). The summed E-state index contributed by atoms with van der Waals surface area (Å²) in [5.74, 6) is 1.75. The number of rotatable bonds is 5. The van der Waals surface area contributed by atoms with Crippen molar-refractivity contribution in [2.45, 2.75) is 51.1 Å². The third-order valence-electron chi connectivity index (χ3n) is 4.64. The summed E-state index contributed by atoms with van der Waals surface area (Å²) < 4.78 is 0. The summed E-state index contributed by atoms with van der Waals surface area (Å²) >= 11 is 0. The molecule has 1 aromatic heterocycles. The lowest BCUT2D eigenvalue weighted by atomic mass is 9.81. The maximum Gasteiger partial charge on any atom is 0.122 e. The highest BCUT2D eigenvalue weighted by Gasteiger charge is 2.26. The zero-order valence-electron chi connectivity index (χ0n) is 12.8. The van der Waals surface area contributed by atoms with Crippen LogP contribution in [0, 0.1) is 5.92 Å². The van der Waals surface area contributed by atoms with Crippen molar-refractivity contribution in [2.24, 2.45) is 5.92 Å². The molecule has 3 rings (SSSR count). The summed E-state index contributed by atoms with van der Waals surface area (Å²) in [7, 11) is 0. The first kappa shape index (κ1) is 14.3. The van der Waals surface area contributed by atoms with E-state index in [-0.39, 0.29) is 6.04 Å². The van der Waals surface area contributed by atoms with Gasteiger partial charge in [-0.2, -0.15) is 0 Å². The lowest BCUT2D eigenvalue weighted by Gasteiger charge is -2.33. The largest absolute Gasteiger partial charge is 0.347 e. The first-order valence-electron chi connectivity index (χ1n) is 8.15. The first-order valence-corrected chi connectivity index (χ1v) is 8.15. The molecule has 2 unspecified atom stereocenters. The van der Waals surface area contributed by atoms with E-state index in [1.807, 2.05) is 12.4 Å². The number of nitrogens with zero attached hydrogens (tertiary/aromatic N) is 1. The highest BCUT2D eigenvalue weighted by molar-refractivity contribution is 5.20. The van der Waals surface area contributed by atoms with Gasteiger partial charge in [-0.3, -0.25) is 0 Å². The Balaban J connectivity index is 1.78. The molecule has 3 heteroatoms. The predicted octanol–water partition coefficient (Wildman–Crippen LogP) is 4.38. The topological polar surface area (TPSA) is 40.7 Å². The molecule has 112 valence electrons. The molecule has 0 aliphatic heterocycles. The second-order valence-corrected chi connectivity index (χ2v) is 6.15. The molecule has 0 amide bonds. The molecule has 1 aliphatic rings. The molecule has 1 fully saturated rings. The number of nitrogens with one attached hydrogen (secondary N) is 2. The molecular formula is C18H25N3. The van der Waals surface area contributed by atoms with Gasteiger partial charge in [0, 0.05) is 18.4 Å². The Kier molecular flexibility index (Phi) is 4.71. The minimum Gasteiger partial charge on any atom is -0.347 e. The fourth-order valence-electron chi connectivity index (χ4n) is 3.49. The van der Waals surface area contributed by atoms with Crippen LogP contribution in [-0.2, 0) is 0 Å². The van der Waals surface area contributed by atoms with Crippen LogP contribution in [0.5, 0.6) is 0 Å². The minimum atomic E-state index is 0.243. The Morgan fingerprint density at radius 2 is 1.90 bits per heavy atom. The lowest BCUT2D eigenvalue weighted by molar-refractivity contribution is 0.255. The molecule has 0 spiro atoms. The summed E-state index contributed by atoms with van der Waals surface area (Å²) in [5.41, 5.74) is 1.41. The summed E-state index contributed by atoms with van der Waals surface area (Å²) in [6, 6.07) is 11.5. The zero-order valence-corrected chi connectivity index (χ0v) is 12.8. The number of imidazole rings is 1. The van der Waals surface area contributed by atoms with Crippen molar-refractivity contribution in [1.82, 2.24) is 15.3 Å². The van der Waals surface area contributed by atoms with Crippen molar-refractivity contribution in [2.75, 3.05) is 0 Å². The fraction of sp³-hybridized carbons (Fsp3) is 0.500. The van der Waals surface area contributed by atoms with E-state index in [1.54, 1.807) is 0 Å². The molecular weight excluding hydrogens is 258 g/mol. The van der Waals surface area contributed by atoms with Crippen molar-refractivity contribution >= 4 is 0 Å². The number of H-pyrrole nitrogens is 1. The zero-order chi connectivity index (χ0) is 14.5. The van der Waals surface area contributed by atoms with Crippen molar-refractivity contribution in [1.29, 1.82) is 0 Å². The van der Waals surface area contributed by atoms with Crippen molar-refractivity contribution in [3.05, 3.63) is 54.1 Å². The minimum absolute atomic E-state index is 0.243. The maximum absolute atomic E-state index is 4.39. The van der Waals surface area contributed by atoms with Crippen LogP contribution < -0.4 is 5.32 Å². The fourth-order valence-corrected chi connectivity index (χ4v) is 3.49. The van der Waals surface area contributed by atoms with E-state index >= 15 is 0 Å². The maximum atomic E-state index is 4.39. The average Bonchev–Trinajstić information content (AvgIpc) is 3.09. The number of hydrogen-bond donors (Lipinski definition) is 2. The van der Waals surface area contributed by atoms with Crippen LogP contribution in [0.3, 0.4) is 0 Å². The van der Waals surface area contributed by atoms with E-state index in [0.717, 1.165) is 11.7 Å². The normalized spacial score (nSPS) is 19.3. The molecule has 3 nitrogen and oxygen atoms in total. The highest BCUT2D eigenvalue weighted by Crippen LogP contribution is 2.35. The smallest absolute Gasteiger partial charge is 0.122 e. The van der Waals surface area contributed by atoms with Gasteiger partial charge in [-0.05, 0) is 31.2 Å². The van der Waals surface area contributed by atoms with Gasteiger partial charge in [-0.15, -0.1) is 0 Å².